The smallest absolute Gasteiger partial charge is 0.0147 e. The van der Waals surface area contributed by atoms with Gasteiger partial charge >= 0.3 is 0 Å². The number of hydrogen-bond donors (Lipinski definition) is 0. The second-order valence-electron chi connectivity index (χ2n) is 4.85. The number of rotatable bonds is 0. The molecule has 0 N–H and O–H groups in total. The second kappa shape index (κ2) is 10.3. The third-order valence-corrected chi connectivity index (χ3v) is 5.20. The Morgan fingerprint density at radius 3 is 0.833 bits per heavy atom. The molecule has 0 amide bonds. The van der Waals surface area contributed by atoms with E-state index in [-0.39, 0.29) is 0 Å². The average molecular weight is 328 g/mol. The van der Waals surface area contributed by atoms with Crippen molar-refractivity contribution in [3.05, 3.63) is 0 Å². The first kappa shape index (κ1) is 17.6. The minimum Gasteiger partial charge on any atom is -0.286 e. The van der Waals surface area contributed by atoms with Crippen molar-refractivity contribution in [3.8, 4) is 0 Å². The van der Waals surface area contributed by atoms with E-state index in [0.29, 0.717) is 0 Å². The molecule has 0 aliphatic carbocycles. The van der Waals surface area contributed by atoms with E-state index in [1.165, 1.54) is 12.8 Å². The van der Waals surface area contributed by atoms with Crippen molar-refractivity contribution < 1.29 is 0 Å². The summed E-state index contributed by atoms with van der Waals surface area (Å²) in [5, 5.41) is 0. The second-order valence-corrected chi connectivity index (χ2v) is 7.77. The average Bonchev–Trinajstić information content (AvgIpc) is 2.33. The van der Waals surface area contributed by atoms with Crippen molar-refractivity contribution in [2.24, 2.45) is 0 Å². The fraction of sp³-hybridized carbons (Fsp3) is 1.00. The summed E-state index contributed by atoms with van der Waals surface area (Å²) in [4.78, 5) is 0. The summed E-state index contributed by atoms with van der Waals surface area (Å²) in [6.45, 7) is 9.09. The summed E-state index contributed by atoms with van der Waals surface area (Å²) in [5.41, 5.74) is 0. The lowest BCUT2D eigenvalue weighted by Crippen LogP contribution is -2.31. The van der Waals surface area contributed by atoms with Gasteiger partial charge in [-0.1, -0.05) is 37.6 Å². The zero-order chi connectivity index (χ0) is 13.4. The first-order valence-corrected chi connectivity index (χ1v) is 8.63. The maximum Gasteiger partial charge on any atom is 0.0147 e. The van der Waals surface area contributed by atoms with Gasteiger partial charge in [-0.05, 0) is 12.8 Å². The van der Waals surface area contributed by atoms with Gasteiger partial charge in [-0.15, -0.1) is 0 Å². The lowest BCUT2D eigenvalue weighted by atomic mass is 10.3. The molecule has 0 spiro atoms. The molecule has 8 heteroatoms. The zero-order valence-corrected chi connectivity index (χ0v) is 15.8. The summed E-state index contributed by atoms with van der Waals surface area (Å²) in [6.07, 6.45) is 2.45. The Bertz CT molecular complexity index is 180. The third kappa shape index (κ3) is 8.68. The molecule has 1 heterocycles. The van der Waals surface area contributed by atoms with Crippen LogP contribution in [0.4, 0.5) is 0 Å². The molecule has 0 aromatic heterocycles. The molecule has 0 bridgehead atoms. The van der Waals surface area contributed by atoms with Gasteiger partial charge in [-0.2, -0.15) is 0 Å². The Morgan fingerprint density at radius 2 is 0.611 bits per heavy atom. The maximum atomic E-state index is 2.85. The van der Waals surface area contributed by atoms with Crippen molar-refractivity contribution in [1.82, 2.24) is 18.7 Å². The van der Waals surface area contributed by atoms with Crippen LogP contribution in [0.15, 0.2) is 0 Å². The van der Waals surface area contributed by atoms with E-state index >= 15 is 0 Å². The van der Waals surface area contributed by atoms with Crippen molar-refractivity contribution >= 4 is 37.6 Å². The largest absolute Gasteiger partial charge is 0.286 e. The Morgan fingerprint density at radius 1 is 0.389 bits per heavy atom. The zero-order valence-electron chi connectivity index (χ0n) is 11.2. The van der Waals surface area contributed by atoms with Crippen LogP contribution in [0.25, 0.3) is 0 Å². The van der Waals surface area contributed by atoms with Crippen LogP contribution < -0.4 is 0 Å². The summed E-state index contributed by atoms with van der Waals surface area (Å²) < 4.78 is 9.40. The molecule has 1 aliphatic heterocycles. The highest BCUT2D eigenvalue weighted by atomic mass is 31.0. The van der Waals surface area contributed by atoms with Crippen LogP contribution in [-0.2, 0) is 0 Å². The van der Waals surface area contributed by atoms with Crippen molar-refractivity contribution in [1.29, 1.82) is 0 Å². The standard InChI is InChI=1S/C10H28N4P4/c15-11-3-1-4-12(16)8-10-14(18)6-2-5-13(17)9-7-11/h1-10,15-18H2. The molecule has 18 heavy (non-hydrogen) atoms. The number of nitrogens with zero attached hydrogens (tertiary/aromatic N) is 4. The van der Waals surface area contributed by atoms with E-state index in [4.69, 9.17) is 0 Å². The molecule has 108 valence electrons. The Kier molecular flexibility index (Phi) is 10.1. The van der Waals surface area contributed by atoms with Gasteiger partial charge < -0.3 is 0 Å². The molecule has 0 saturated carbocycles. The van der Waals surface area contributed by atoms with Gasteiger partial charge in [-0.3, -0.25) is 18.7 Å². The van der Waals surface area contributed by atoms with Crippen LogP contribution in [-0.4, -0.2) is 71.0 Å². The minimum atomic E-state index is 1.12. The van der Waals surface area contributed by atoms with Gasteiger partial charge in [0.05, 0.1) is 0 Å². The summed E-state index contributed by atoms with van der Waals surface area (Å²) in [7, 11) is 11.4. The fourth-order valence-corrected chi connectivity index (χ4v) is 3.11. The Hall–Kier alpha value is 1.56. The molecule has 1 saturated heterocycles. The molecule has 0 aromatic rings. The number of hydrogen-bond acceptors (Lipinski definition) is 4. The Balaban J connectivity index is 2.36. The quantitative estimate of drug-likeness (QED) is 0.619. The molecule has 1 fully saturated rings. The van der Waals surface area contributed by atoms with Gasteiger partial charge in [0.15, 0.2) is 0 Å². The highest BCUT2D eigenvalue weighted by Crippen LogP contribution is 2.09. The molecule has 0 radical (unpaired) electrons. The maximum absolute atomic E-state index is 2.85. The van der Waals surface area contributed by atoms with E-state index in [1.54, 1.807) is 0 Å². The normalized spacial score (nSPS) is 26.0. The molecule has 4 nitrogen and oxygen atoms in total. The first-order valence-electron chi connectivity index (χ1n) is 6.56. The molecular weight excluding hydrogens is 300 g/mol. The van der Waals surface area contributed by atoms with Crippen LogP contribution >= 0.6 is 37.6 Å². The molecular formula is C10H28N4P4. The van der Waals surface area contributed by atoms with E-state index in [2.05, 4.69) is 56.2 Å². The van der Waals surface area contributed by atoms with Crippen LogP contribution in [0.3, 0.4) is 0 Å². The molecule has 1 aliphatic rings. The highest BCUT2D eigenvalue weighted by Gasteiger charge is 2.07. The predicted molar refractivity (Wildman–Crippen MR) is 94.4 cm³/mol. The molecule has 4 atom stereocenters. The molecule has 1 rings (SSSR count). The lowest BCUT2D eigenvalue weighted by molar-refractivity contribution is 0.326. The minimum absolute atomic E-state index is 1.12. The first-order chi connectivity index (χ1) is 8.58. The summed E-state index contributed by atoms with van der Waals surface area (Å²) in [5.74, 6) is 0. The molecule has 0 aromatic carbocycles. The SMILES string of the molecule is PN1CCCN(P)CCN(P)CCCN(P)CC1. The van der Waals surface area contributed by atoms with E-state index in [9.17, 15) is 0 Å². The van der Waals surface area contributed by atoms with Gasteiger partial charge in [0.25, 0.3) is 0 Å². The van der Waals surface area contributed by atoms with E-state index in [1.807, 2.05) is 0 Å². The summed E-state index contributed by atoms with van der Waals surface area (Å²) >= 11 is 0. The topological polar surface area (TPSA) is 13.0 Å². The van der Waals surface area contributed by atoms with Crippen LogP contribution in [0, 0.1) is 0 Å². The van der Waals surface area contributed by atoms with Crippen molar-refractivity contribution in [2.75, 3.05) is 52.4 Å². The fourth-order valence-electron chi connectivity index (χ4n) is 1.91. The van der Waals surface area contributed by atoms with Gasteiger partial charge in [-0.25, -0.2) is 0 Å². The van der Waals surface area contributed by atoms with Gasteiger partial charge in [0.2, 0.25) is 0 Å². The summed E-state index contributed by atoms with van der Waals surface area (Å²) in [6, 6.07) is 0. The van der Waals surface area contributed by atoms with E-state index < -0.39 is 0 Å². The van der Waals surface area contributed by atoms with Crippen molar-refractivity contribution in [2.45, 2.75) is 12.8 Å². The van der Waals surface area contributed by atoms with Gasteiger partial charge in [0, 0.05) is 52.4 Å². The molecule has 4 unspecified atom stereocenters. The van der Waals surface area contributed by atoms with Crippen LogP contribution in [0.2, 0.25) is 0 Å². The van der Waals surface area contributed by atoms with E-state index in [0.717, 1.165) is 52.4 Å². The third-order valence-electron chi connectivity index (χ3n) is 3.13. The van der Waals surface area contributed by atoms with Gasteiger partial charge in [0.1, 0.15) is 0 Å². The highest BCUT2D eigenvalue weighted by molar-refractivity contribution is 7.14. The Labute approximate surface area is 122 Å². The van der Waals surface area contributed by atoms with Crippen LogP contribution in [0.1, 0.15) is 12.8 Å². The van der Waals surface area contributed by atoms with Crippen LogP contribution in [0.5, 0.6) is 0 Å². The predicted octanol–water partition coefficient (Wildman–Crippen LogP) is 1.15. The monoisotopic (exact) mass is 328 g/mol. The van der Waals surface area contributed by atoms with Crippen molar-refractivity contribution in [3.63, 3.8) is 0 Å². The lowest BCUT2D eigenvalue weighted by Gasteiger charge is -2.26.